The number of nitrogens with zero attached hydrogens (tertiary/aromatic N) is 1. The number of hydrogen-bond donors (Lipinski definition) is 0. The molecule has 0 unspecified atom stereocenters. The maximum atomic E-state index is 10.6. The average Bonchev–Trinajstić information content (AvgIpc) is 2.17. The highest BCUT2D eigenvalue weighted by Gasteiger charge is 2.18. The number of hydrogen-bond acceptors (Lipinski definition) is 4. The van der Waals surface area contributed by atoms with Gasteiger partial charge in [-0.3, -0.25) is 10.1 Å². The van der Waals surface area contributed by atoms with Gasteiger partial charge in [-0.15, -0.1) is 0 Å². The Balaban J connectivity index is 2.58. The molecule has 2 rings (SSSR count). The summed E-state index contributed by atoms with van der Waals surface area (Å²) in [6, 6.07) is 5.02. The molecule has 0 saturated heterocycles. The van der Waals surface area contributed by atoms with Crippen LogP contribution in [0.25, 0.3) is 0 Å². The summed E-state index contributed by atoms with van der Waals surface area (Å²) in [4.78, 5) is 11.8. The topological polar surface area (TPSA) is 43.1 Å². The number of thioether (sulfide) groups is 2. The van der Waals surface area contributed by atoms with E-state index < -0.39 is 0 Å². The van der Waals surface area contributed by atoms with Gasteiger partial charge < -0.3 is 0 Å². The molecule has 0 radical (unpaired) electrons. The van der Waals surface area contributed by atoms with Crippen LogP contribution in [-0.4, -0.2) is 4.92 Å². The highest BCUT2D eigenvalue weighted by molar-refractivity contribution is 8.09. The predicted molar refractivity (Wildman–Crippen MR) is 52.6 cm³/mol. The summed E-state index contributed by atoms with van der Waals surface area (Å²) in [5.41, 5.74) is 0.143. The molecule has 1 aliphatic rings. The number of nitro benzene ring substituents is 1. The van der Waals surface area contributed by atoms with Crippen molar-refractivity contribution in [1.29, 1.82) is 0 Å². The van der Waals surface area contributed by atoms with Gasteiger partial charge in [-0.05, 0) is 40.1 Å². The second kappa shape index (κ2) is 3.32. The molecule has 64 valence electrons. The van der Waals surface area contributed by atoms with Crippen molar-refractivity contribution >= 4 is 29.2 Å². The molecule has 1 aromatic carbocycles. The summed E-state index contributed by atoms with van der Waals surface area (Å²) in [6.07, 6.45) is 0. The van der Waals surface area contributed by atoms with E-state index in [0.29, 0.717) is 4.90 Å². The first-order valence-corrected chi connectivity index (χ1v) is 5.03. The lowest BCUT2D eigenvalue weighted by atomic mass is 10.3. The molecule has 13 heavy (non-hydrogen) atoms. The van der Waals surface area contributed by atoms with Crippen molar-refractivity contribution in [3.8, 4) is 10.5 Å². The Labute approximate surface area is 83.1 Å². The van der Waals surface area contributed by atoms with E-state index in [1.54, 1.807) is 6.07 Å². The Morgan fingerprint density at radius 2 is 2.08 bits per heavy atom. The monoisotopic (exact) mass is 209 g/mol. The van der Waals surface area contributed by atoms with Crippen LogP contribution in [0.2, 0.25) is 0 Å². The van der Waals surface area contributed by atoms with Crippen molar-refractivity contribution in [2.24, 2.45) is 0 Å². The Morgan fingerprint density at radius 3 is 2.85 bits per heavy atom. The summed E-state index contributed by atoms with van der Waals surface area (Å²) < 4.78 is 0. The Bertz CT molecular complexity index is 434. The van der Waals surface area contributed by atoms with Crippen LogP contribution in [0, 0.1) is 20.6 Å². The van der Waals surface area contributed by atoms with Crippen molar-refractivity contribution in [1.82, 2.24) is 0 Å². The molecule has 0 saturated carbocycles. The molecule has 0 fully saturated rings. The van der Waals surface area contributed by atoms with E-state index in [4.69, 9.17) is 0 Å². The normalized spacial score (nSPS) is 12.6. The summed E-state index contributed by atoms with van der Waals surface area (Å²) >= 11 is 2.55. The maximum Gasteiger partial charge on any atom is 0.285 e. The molecule has 0 N–H and O–H groups in total. The fraction of sp³-hybridized carbons (Fsp3) is 0. The Hall–Kier alpha value is -1.12. The molecule has 3 nitrogen and oxygen atoms in total. The molecule has 1 aromatic rings. The predicted octanol–water partition coefficient (Wildman–Crippen LogP) is 2.71. The lowest BCUT2D eigenvalue weighted by molar-refractivity contribution is -0.388. The van der Waals surface area contributed by atoms with Crippen molar-refractivity contribution in [3.05, 3.63) is 28.3 Å². The smallest absolute Gasteiger partial charge is 0.258 e. The van der Waals surface area contributed by atoms with Crippen molar-refractivity contribution < 1.29 is 4.92 Å². The zero-order chi connectivity index (χ0) is 9.26. The molecule has 5 heteroatoms. The summed E-state index contributed by atoms with van der Waals surface area (Å²) in [5, 5.41) is 16.2. The number of rotatable bonds is 1. The van der Waals surface area contributed by atoms with Gasteiger partial charge in [-0.1, -0.05) is 6.07 Å². The average molecular weight is 209 g/mol. The standard InChI is InChI=1S/C8H3NO2S2/c10-9(11)6-2-1-3-7-8(6)13-5-4-12-7/h1-3H. The molecular weight excluding hydrogens is 206 g/mol. The summed E-state index contributed by atoms with van der Waals surface area (Å²) in [7, 11) is 0. The number of fused-ring (bicyclic) bond motifs is 1. The third kappa shape index (κ3) is 1.50. The van der Waals surface area contributed by atoms with Crippen LogP contribution in [0.5, 0.6) is 0 Å². The highest BCUT2D eigenvalue weighted by Crippen LogP contribution is 2.39. The molecule has 1 heterocycles. The third-order valence-corrected chi connectivity index (χ3v) is 3.37. The van der Waals surface area contributed by atoms with Gasteiger partial charge in [0.05, 0.1) is 4.92 Å². The second-order valence-corrected chi connectivity index (χ2v) is 3.93. The van der Waals surface area contributed by atoms with Crippen LogP contribution in [0.1, 0.15) is 0 Å². The Morgan fingerprint density at radius 1 is 1.31 bits per heavy atom. The first kappa shape index (κ1) is 8.48. The minimum Gasteiger partial charge on any atom is -0.258 e. The Kier molecular flexibility index (Phi) is 2.17. The van der Waals surface area contributed by atoms with E-state index in [-0.39, 0.29) is 10.6 Å². The van der Waals surface area contributed by atoms with Crippen molar-refractivity contribution in [3.63, 3.8) is 0 Å². The first-order valence-electron chi connectivity index (χ1n) is 3.40. The van der Waals surface area contributed by atoms with Gasteiger partial charge in [0, 0.05) is 11.0 Å². The highest BCUT2D eigenvalue weighted by atomic mass is 32.2. The molecule has 0 bridgehead atoms. The molecule has 0 aliphatic carbocycles. The van der Waals surface area contributed by atoms with E-state index in [2.05, 4.69) is 10.5 Å². The SMILES string of the molecule is O=[N+]([O-])c1cccc2c1SC#CS2. The van der Waals surface area contributed by atoms with Gasteiger partial charge in [-0.25, -0.2) is 0 Å². The maximum absolute atomic E-state index is 10.6. The fourth-order valence-electron chi connectivity index (χ4n) is 0.979. The zero-order valence-corrected chi connectivity index (χ0v) is 7.95. The molecular formula is C8H3NO2S2. The number of nitro groups is 1. The van der Waals surface area contributed by atoms with E-state index in [0.717, 1.165) is 4.90 Å². The molecule has 1 aliphatic heterocycles. The fourth-order valence-corrected chi connectivity index (χ4v) is 2.53. The lowest BCUT2D eigenvalue weighted by Gasteiger charge is -2.05. The van der Waals surface area contributed by atoms with Crippen LogP contribution < -0.4 is 0 Å². The molecule has 0 atom stereocenters. The van der Waals surface area contributed by atoms with Gasteiger partial charge in [0.1, 0.15) is 4.90 Å². The van der Waals surface area contributed by atoms with Gasteiger partial charge in [0.2, 0.25) is 0 Å². The van der Waals surface area contributed by atoms with Gasteiger partial charge >= 0.3 is 0 Å². The quantitative estimate of drug-likeness (QED) is 0.405. The van der Waals surface area contributed by atoms with E-state index in [1.807, 2.05) is 6.07 Å². The van der Waals surface area contributed by atoms with E-state index in [1.165, 1.54) is 29.6 Å². The van der Waals surface area contributed by atoms with Crippen molar-refractivity contribution in [2.45, 2.75) is 9.79 Å². The van der Waals surface area contributed by atoms with E-state index >= 15 is 0 Å². The van der Waals surface area contributed by atoms with Gasteiger partial charge in [-0.2, -0.15) is 0 Å². The minimum atomic E-state index is -0.376. The van der Waals surface area contributed by atoms with Crippen LogP contribution in [0.3, 0.4) is 0 Å². The van der Waals surface area contributed by atoms with Crippen LogP contribution in [0.4, 0.5) is 5.69 Å². The first-order chi connectivity index (χ1) is 6.29. The summed E-state index contributed by atoms with van der Waals surface area (Å²) in [5.74, 6) is 0. The number of benzene rings is 1. The van der Waals surface area contributed by atoms with Crippen LogP contribution >= 0.6 is 23.5 Å². The van der Waals surface area contributed by atoms with E-state index in [9.17, 15) is 10.1 Å². The summed E-state index contributed by atoms with van der Waals surface area (Å²) in [6.45, 7) is 0. The largest absolute Gasteiger partial charge is 0.285 e. The van der Waals surface area contributed by atoms with Gasteiger partial charge in [0.15, 0.2) is 0 Å². The lowest BCUT2D eigenvalue weighted by Crippen LogP contribution is -1.92. The van der Waals surface area contributed by atoms with Crippen LogP contribution in [0.15, 0.2) is 28.0 Å². The van der Waals surface area contributed by atoms with Gasteiger partial charge in [0.25, 0.3) is 5.69 Å². The molecule has 0 amide bonds. The zero-order valence-electron chi connectivity index (χ0n) is 6.31. The second-order valence-electron chi connectivity index (χ2n) is 2.27. The molecule has 0 spiro atoms. The third-order valence-electron chi connectivity index (χ3n) is 1.51. The molecule has 0 aromatic heterocycles. The van der Waals surface area contributed by atoms with Crippen LogP contribution in [-0.2, 0) is 0 Å². The minimum absolute atomic E-state index is 0.143. The van der Waals surface area contributed by atoms with Crippen molar-refractivity contribution in [2.75, 3.05) is 0 Å².